The molecule has 1 saturated heterocycles. The van der Waals surface area contributed by atoms with Gasteiger partial charge in [0, 0.05) is 38.8 Å². The van der Waals surface area contributed by atoms with Crippen LogP contribution in [0.25, 0.3) is 22.5 Å². The molecule has 0 N–H and O–H groups in total. The first-order chi connectivity index (χ1) is 15.9. The summed E-state index contributed by atoms with van der Waals surface area (Å²) >= 11 is 0. The maximum absolute atomic E-state index is 13.3. The van der Waals surface area contributed by atoms with Gasteiger partial charge in [-0.1, -0.05) is 35.5 Å². The number of benzene rings is 1. The van der Waals surface area contributed by atoms with Crippen molar-refractivity contribution in [1.82, 2.24) is 29.5 Å². The van der Waals surface area contributed by atoms with E-state index in [4.69, 9.17) is 8.94 Å². The molecule has 1 atom stereocenters. The molecule has 1 unspecified atom stereocenters. The molecule has 1 aliphatic heterocycles. The number of hydrogen-bond acceptors (Lipinski definition) is 8. The van der Waals surface area contributed by atoms with Crippen molar-refractivity contribution in [3.8, 4) is 11.4 Å². The number of amides is 1. The summed E-state index contributed by atoms with van der Waals surface area (Å²) in [6.45, 7) is 6.00. The second-order valence-electron chi connectivity index (χ2n) is 8.20. The van der Waals surface area contributed by atoms with Crippen molar-refractivity contribution >= 4 is 17.0 Å². The Morgan fingerprint density at radius 3 is 2.58 bits per heavy atom. The molecule has 4 heterocycles. The third-order valence-corrected chi connectivity index (χ3v) is 6.14. The molecule has 10 nitrogen and oxygen atoms in total. The molecule has 5 rings (SSSR count). The average Bonchev–Trinajstić information content (AvgIpc) is 3.46. The van der Waals surface area contributed by atoms with Gasteiger partial charge in [0.2, 0.25) is 17.4 Å². The summed E-state index contributed by atoms with van der Waals surface area (Å²) in [6.07, 6.45) is 1.39. The highest BCUT2D eigenvalue weighted by atomic mass is 16.5. The summed E-state index contributed by atoms with van der Waals surface area (Å²) in [5.74, 6) is 1.29. The third kappa shape index (κ3) is 3.72. The lowest BCUT2D eigenvalue weighted by atomic mass is 10.1. The standard InChI is InChI=1S/C23H24N6O4/c1-14(20-25-19(26-33-20)16-7-5-4-6-8-16)28-9-11-29(12-10-28)23(31)17-15(2)32-21-18(17)22(30)27(3)13-24-21/h4-8,13-14H,9-12H2,1-3H3. The van der Waals surface area contributed by atoms with Crippen molar-refractivity contribution in [2.75, 3.05) is 26.2 Å². The van der Waals surface area contributed by atoms with Crippen LogP contribution in [-0.4, -0.2) is 61.6 Å². The van der Waals surface area contributed by atoms with Crippen LogP contribution in [-0.2, 0) is 7.05 Å². The van der Waals surface area contributed by atoms with E-state index < -0.39 is 0 Å². The molecule has 170 valence electrons. The van der Waals surface area contributed by atoms with E-state index in [9.17, 15) is 9.59 Å². The zero-order chi connectivity index (χ0) is 23.1. The van der Waals surface area contributed by atoms with E-state index >= 15 is 0 Å². The topological polar surface area (TPSA) is 110 Å². The van der Waals surface area contributed by atoms with Crippen molar-refractivity contribution in [3.05, 3.63) is 64.2 Å². The number of hydrogen-bond donors (Lipinski definition) is 0. The van der Waals surface area contributed by atoms with Gasteiger partial charge < -0.3 is 18.4 Å². The van der Waals surface area contributed by atoms with Gasteiger partial charge in [-0.2, -0.15) is 4.98 Å². The Bertz CT molecular complexity index is 1360. The number of aryl methyl sites for hydroxylation is 2. The molecule has 4 aromatic rings. The fourth-order valence-corrected chi connectivity index (χ4v) is 4.18. The normalized spacial score (nSPS) is 15.8. The number of carbonyl (C=O) groups is 1. The van der Waals surface area contributed by atoms with Gasteiger partial charge >= 0.3 is 0 Å². The van der Waals surface area contributed by atoms with Gasteiger partial charge in [-0.25, -0.2) is 4.98 Å². The molecule has 0 aliphatic carbocycles. The van der Waals surface area contributed by atoms with Crippen LogP contribution in [0.5, 0.6) is 0 Å². The van der Waals surface area contributed by atoms with Gasteiger partial charge in [-0.15, -0.1) is 0 Å². The maximum Gasteiger partial charge on any atom is 0.265 e. The van der Waals surface area contributed by atoms with E-state index in [1.807, 2.05) is 37.3 Å². The lowest BCUT2D eigenvalue weighted by Crippen LogP contribution is -2.49. The van der Waals surface area contributed by atoms with Crippen molar-refractivity contribution in [1.29, 1.82) is 0 Å². The smallest absolute Gasteiger partial charge is 0.265 e. The highest BCUT2D eigenvalue weighted by molar-refractivity contribution is 6.06. The lowest BCUT2D eigenvalue weighted by Gasteiger charge is -2.36. The fourth-order valence-electron chi connectivity index (χ4n) is 4.18. The summed E-state index contributed by atoms with van der Waals surface area (Å²) in [5, 5.41) is 4.34. The van der Waals surface area contributed by atoms with E-state index in [1.165, 1.54) is 10.9 Å². The lowest BCUT2D eigenvalue weighted by molar-refractivity contribution is 0.0551. The summed E-state index contributed by atoms with van der Waals surface area (Å²) in [6, 6.07) is 9.60. The molecule has 1 aromatic carbocycles. The van der Waals surface area contributed by atoms with Crippen molar-refractivity contribution in [2.45, 2.75) is 19.9 Å². The molecule has 33 heavy (non-hydrogen) atoms. The number of furan rings is 1. The molecule has 1 aliphatic rings. The van der Waals surface area contributed by atoms with Crippen LogP contribution in [0.2, 0.25) is 0 Å². The Labute approximate surface area is 189 Å². The van der Waals surface area contributed by atoms with E-state index in [0.717, 1.165) is 5.56 Å². The summed E-state index contributed by atoms with van der Waals surface area (Å²) in [4.78, 5) is 38.6. The van der Waals surface area contributed by atoms with Crippen LogP contribution in [0.3, 0.4) is 0 Å². The highest BCUT2D eigenvalue weighted by Gasteiger charge is 2.31. The third-order valence-electron chi connectivity index (χ3n) is 6.14. The summed E-state index contributed by atoms with van der Waals surface area (Å²) < 4.78 is 12.5. The number of piperazine rings is 1. The predicted octanol–water partition coefficient (Wildman–Crippen LogP) is 2.40. The number of rotatable bonds is 4. The second kappa shape index (κ2) is 8.28. The van der Waals surface area contributed by atoms with Crippen LogP contribution in [0.1, 0.15) is 35.0 Å². The molecule has 0 saturated carbocycles. The Hall–Kier alpha value is -3.79. The first-order valence-corrected chi connectivity index (χ1v) is 10.8. The van der Waals surface area contributed by atoms with Gasteiger partial charge in [0.1, 0.15) is 17.5 Å². The molecule has 1 amide bonds. The fraction of sp³-hybridized carbons (Fsp3) is 0.348. The Morgan fingerprint density at radius 2 is 1.85 bits per heavy atom. The van der Waals surface area contributed by atoms with Crippen LogP contribution >= 0.6 is 0 Å². The first-order valence-electron chi connectivity index (χ1n) is 10.8. The van der Waals surface area contributed by atoms with Crippen molar-refractivity contribution < 1.29 is 13.7 Å². The monoisotopic (exact) mass is 448 g/mol. The quantitative estimate of drug-likeness (QED) is 0.468. The zero-order valence-electron chi connectivity index (χ0n) is 18.7. The average molecular weight is 448 g/mol. The van der Waals surface area contributed by atoms with Gasteiger partial charge in [0.25, 0.3) is 11.5 Å². The summed E-state index contributed by atoms with van der Waals surface area (Å²) in [5.41, 5.74) is 1.10. The van der Waals surface area contributed by atoms with Crippen molar-refractivity contribution in [3.63, 3.8) is 0 Å². The first kappa shape index (κ1) is 21.1. The predicted molar refractivity (Wildman–Crippen MR) is 120 cm³/mol. The van der Waals surface area contributed by atoms with Crippen LogP contribution in [0.4, 0.5) is 0 Å². The highest BCUT2D eigenvalue weighted by Crippen LogP contribution is 2.26. The largest absolute Gasteiger partial charge is 0.442 e. The Balaban J connectivity index is 1.30. The number of aromatic nitrogens is 4. The SMILES string of the molecule is Cc1oc2ncn(C)c(=O)c2c1C(=O)N1CCN(C(C)c2nc(-c3ccccc3)no2)CC1. The molecule has 0 bridgehead atoms. The molecule has 3 aromatic heterocycles. The van der Waals surface area contributed by atoms with Gasteiger partial charge in [0.05, 0.1) is 11.6 Å². The van der Waals surface area contributed by atoms with Gasteiger partial charge in [-0.05, 0) is 13.8 Å². The number of fused-ring (bicyclic) bond motifs is 1. The van der Waals surface area contributed by atoms with Crippen LogP contribution in [0.15, 0.2) is 50.4 Å². The maximum atomic E-state index is 13.3. The second-order valence-corrected chi connectivity index (χ2v) is 8.20. The Kier molecular flexibility index (Phi) is 5.29. The minimum absolute atomic E-state index is 0.0831. The molecule has 0 radical (unpaired) electrons. The molecule has 1 fully saturated rings. The van der Waals surface area contributed by atoms with Crippen LogP contribution in [0, 0.1) is 6.92 Å². The summed E-state index contributed by atoms with van der Waals surface area (Å²) in [7, 11) is 1.60. The molecular formula is C23H24N6O4. The van der Waals surface area contributed by atoms with Gasteiger partial charge in [-0.3, -0.25) is 14.5 Å². The van der Waals surface area contributed by atoms with Crippen LogP contribution < -0.4 is 5.56 Å². The van der Waals surface area contributed by atoms with E-state index in [0.29, 0.717) is 49.2 Å². The van der Waals surface area contributed by atoms with E-state index in [1.54, 1.807) is 18.9 Å². The van der Waals surface area contributed by atoms with E-state index in [2.05, 4.69) is 20.0 Å². The molecular weight excluding hydrogens is 424 g/mol. The molecule has 10 heteroatoms. The van der Waals surface area contributed by atoms with E-state index in [-0.39, 0.29) is 28.6 Å². The van der Waals surface area contributed by atoms with Crippen molar-refractivity contribution in [2.24, 2.45) is 7.05 Å². The zero-order valence-corrected chi connectivity index (χ0v) is 18.7. The minimum atomic E-state index is -0.293. The minimum Gasteiger partial charge on any atom is -0.442 e. The number of carbonyl (C=O) groups excluding carboxylic acids is 1. The number of nitrogens with zero attached hydrogens (tertiary/aromatic N) is 6. The van der Waals surface area contributed by atoms with Gasteiger partial charge in [0.15, 0.2) is 0 Å². The molecule has 0 spiro atoms. The Morgan fingerprint density at radius 1 is 1.12 bits per heavy atom.